The van der Waals surface area contributed by atoms with Gasteiger partial charge in [0.05, 0.1) is 4.01 Å². The molecule has 0 spiro atoms. The van der Waals surface area contributed by atoms with Crippen molar-refractivity contribution < 1.29 is 0 Å². The first-order valence-electron chi connectivity index (χ1n) is 6.34. The van der Waals surface area contributed by atoms with Crippen molar-refractivity contribution in [2.45, 2.75) is 34.1 Å². The molecule has 0 saturated heterocycles. The molecule has 2 aromatic heterocycles. The Morgan fingerprint density at radius 3 is 2.50 bits per heavy atom. The van der Waals surface area contributed by atoms with E-state index in [4.69, 9.17) is 0 Å². The zero-order chi connectivity index (χ0) is 12.9. The highest BCUT2D eigenvalue weighted by Crippen LogP contribution is 2.39. The molecule has 0 N–H and O–H groups in total. The monoisotopic (exact) mass is 274 g/mol. The van der Waals surface area contributed by atoms with Crippen molar-refractivity contribution in [3.05, 3.63) is 34.7 Å². The van der Waals surface area contributed by atoms with E-state index in [1.54, 1.807) is 0 Å². The number of hydrogen-bond acceptors (Lipinski definition) is 2. The Hall–Kier alpha value is -0.860. The lowest BCUT2D eigenvalue weighted by molar-refractivity contribution is 0.411. The lowest BCUT2D eigenvalue weighted by Gasteiger charge is -2.18. The van der Waals surface area contributed by atoms with E-state index in [2.05, 4.69) is 52.0 Å². The van der Waals surface area contributed by atoms with E-state index < -0.39 is 0 Å². The van der Waals surface area contributed by atoms with Crippen LogP contribution in [-0.4, -0.2) is 0 Å². The highest BCUT2D eigenvalue weighted by molar-refractivity contribution is 7.41. The molecule has 2 heterocycles. The fourth-order valence-corrected chi connectivity index (χ4v) is 4.93. The van der Waals surface area contributed by atoms with Crippen molar-refractivity contribution in [1.82, 2.24) is 0 Å². The Labute approximate surface area is 116 Å². The van der Waals surface area contributed by atoms with Gasteiger partial charge < -0.3 is 0 Å². The molecule has 0 amide bonds. The van der Waals surface area contributed by atoms with Crippen LogP contribution in [0.25, 0.3) is 19.5 Å². The molecule has 1 aromatic carbocycles. The van der Waals surface area contributed by atoms with Gasteiger partial charge in [0.2, 0.25) is 0 Å². The first kappa shape index (κ1) is 12.2. The zero-order valence-electron chi connectivity index (χ0n) is 11.3. The molecule has 18 heavy (non-hydrogen) atoms. The maximum Gasteiger partial charge on any atom is 0.0880 e. The molecule has 0 aliphatic carbocycles. The summed E-state index contributed by atoms with van der Waals surface area (Å²) in [5.41, 5.74) is 1.81. The van der Waals surface area contributed by atoms with Gasteiger partial charge >= 0.3 is 0 Å². The molecule has 0 aliphatic heterocycles. The van der Waals surface area contributed by atoms with Crippen LogP contribution >= 0.6 is 22.7 Å². The second-order valence-electron chi connectivity index (χ2n) is 6.23. The first-order chi connectivity index (χ1) is 8.42. The van der Waals surface area contributed by atoms with Crippen molar-refractivity contribution in [1.29, 1.82) is 0 Å². The summed E-state index contributed by atoms with van der Waals surface area (Å²) in [6, 6.07) is 9.31. The quantitative estimate of drug-likeness (QED) is 0.509. The number of benzene rings is 1. The number of hydrogen-bond donors (Lipinski definition) is 0. The van der Waals surface area contributed by atoms with Gasteiger partial charge in [-0.15, -0.1) is 22.7 Å². The second-order valence-corrected chi connectivity index (χ2v) is 8.80. The molecule has 94 valence electrons. The normalized spacial score (nSPS) is 12.7. The van der Waals surface area contributed by atoms with Crippen LogP contribution in [0.4, 0.5) is 0 Å². The van der Waals surface area contributed by atoms with Crippen molar-refractivity contribution >= 4 is 42.2 Å². The molecule has 2 heteroatoms. The second kappa shape index (κ2) is 4.07. The standard InChI is InChI=1S/C16H18S2/c1-10-7-13-12-8-11(9-16(2,3)4)5-6-14(12)18-15(13)17-10/h5-8H,9H2,1-4H3. The molecule has 0 radical (unpaired) electrons. The van der Waals surface area contributed by atoms with E-state index in [9.17, 15) is 0 Å². The molecule has 0 unspecified atom stereocenters. The smallest absolute Gasteiger partial charge is 0.0880 e. The maximum atomic E-state index is 2.39. The van der Waals surface area contributed by atoms with Gasteiger partial charge in [-0.25, -0.2) is 0 Å². The molecule has 3 aromatic rings. The fourth-order valence-electron chi connectivity index (χ4n) is 2.46. The molecule has 3 rings (SSSR count). The molecule has 0 atom stereocenters. The molecule has 0 bridgehead atoms. The van der Waals surface area contributed by atoms with Crippen LogP contribution < -0.4 is 0 Å². The molecule has 0 fully saturated rings. The third-order valence-corrected chi connectivity index (χ3v) is 5.42. The summed E-state index contributed by atoms with van der Waals surface area (Å²) in [6.45, 7) is 9.10. The molecular formula is C16H18S2. The lowest BCUT2D eigenvalue weighted by atomic mass is 9.88. The summed E-state index contributed by atoms with van der Waals surface area (Å²) >= 11 is 3.84. The topological polar surface area (TPSA) is 0 Å². The van der Waals surface area contributed by atoms with Crippen molar-refractivity contribution in [3.8, 4) is 0 Å². The van der Waals surface area contributed by atoms with Crippen LogP contribution in [0, 0.1) is 12.3 Å². The predicted octanol–water partition coefficient (Wildman–Crippen LogP) is 6.01. The fraction of sp³-hybridized carbons (Fsp3) is 0.375. The van der Waals surface area contributed by atoms with E-state index in [1.165, 1.54) is 29.9 Å². The minimum Gasteiger partial charge on any atom is -0.130 e. The van der Waals surface area contributed by atoms with Gasteiger partial charge in [-0.3, -0.25) is 0 Å². The van der Waals surface area contributed by atoms with Crippen LogP contribution in [0.1, 0.15) is 31.2 Å². The molecular weight excluding hydrogens is 256 g/mol. The minimum absolute atomic E-state index is 0.355. The first-order valence-corrected chi connectivity index (χ1v) is 7.97. The molecule has 0 saturated carbocycles. The zero-order valence-corrected chi connectivity index (χ0v) is 13.0. The van der Waals surface area contributed by atoms with Crippen LogP contribution in [0.3, 0.4) is 0 Å². The molecule has 0 nitrogen and oxygen atoms in total. The summed E-state index contributed by atoms with van der Waals surface area (Å²) in [4.78, 5) is 1.42. The Morgan fingerprint density at radius 2 is 1.78 bits per heavy atom. The highest BCUT2D eigenvalue weighted by Gasteiger charge is 2.13. The van der Waals surface area contributed by atoms with E-state index in [0.717, 1.165) is 6.42 Å². The van der Waals surface area contributed by atoms with Gasteiger partial charge in [0.25, 0.3) is 0 Å². The van der Waals surface area contributed by atoms with Gasteiger partial charge in [0.15, 0.2) is 0 Å². The van der Waals surface area contributed by atoms with Gasteiger partial charge in [-0.1, -0.05) is 26.8 Å². The number of aryl methyl sites for hydroxylation is 1. The average molecular weight is 274 g/mol. The Bertz CT molecular complexity index is 708. The highest BCUT2D eigenvalue weighted by atomic mass is 32.2. The van der Waals surface area contributed by atoms with Crippen molar-refractivity contribution in [2.75, 3.05) is 0 Å². The Balaban J connectivity index is 2.17. The van der Waals surface area contributed by atoms with Crippen molar-refractivity contribution in [3.63, 3.8) is 0 Å². The van der Waals surface area contributed by atoms with Gasteiger partial charge in [0, 0.05) is 20.3 Å². The summed E-state index contributed by atoms with van der Waals surface area (Å²) in [6.07, 6.45) is 1.14. The van der Waals surface area contributed by atoms with Crippen molar-refractivity contribution in [2.24, 2.45) is 5.41 Å². The third-order valence-electron chi connectivity index (χ3n) is 3.09. The minimum atomic E-state index is 0.355. The lowest BCUT2D eigenvalue weighted by Crippen LogP contribution is -2.08. The van der Waals surface area contributed by atoms with Crippen LogP contribution in [0.2, 0.25) is 0 Å². The number of thiophene rings is 2. The summed E-state index contributed by atoms with van der Waals surface area (Å²) in [5, 5.41) is 2.90. The Morgan fingerprint density at radius 1 is 1.00 bits per heavy atom. The largest absolute Gasteiger partial charge is 0.130 e. The van der Waals surface area contributed by atoms with E-state index >= 15 is 0 Å². The van der Waals surface area contributed by atoms with Crippen LogP contribution in [-0.2, 0) is 6.42 Å². The maximum absolute atomic E-state index is 2.39. The Kier molecular flexibility index (Phi) is 2.76. The van der Waals surface area contributed by atoms with E-state index in [-0.39, 0.29) is 0 Å². The third kappa shape index (κ3) is 2.19. The predicted molar refractivity (Wildman–Crippen MR) is 85.1 cm³/mol. The van der Waals surface area contributed by atoms with Crippen LogP contribution in [0.15, 0.2) is 24.3 Å². The van der Waals surface area contributed by atoms with Gasteiger partial charge in [-0.05, 0) is 42.5 Å². The van der Waals surface area contributed by atoms with E-state index in [1.807, 2.05) is 22.7 Å². The SMILES string of the molecule is Cc1cc2c(s1)sc1ccc(CC(C)(C)C)cc12. The van der Waals surface area contributed by atoms with Gasteiger partial charge in [0.1, 0.15) is 0 Å². The van der Waals surface area contributed by atoms with Crippen LogP contribution in [0.5, 0.6) is 0 Å². The van der Waals surface area contributed by atoms with Gasteiger partial charge in [-0.2, -0.15) is 0 Å². The summed E-state index contributed by atoms with van der Waals surface area (Å²) < 4.78 is 2.89. The molecule has 0 aliphatic rings. The number of fused-ring (bicyclic) bond motifs is 3. The summed E-state index contributed by atoms with van der Waals surface area (Å²) in [7, 11) is 0. The van der Waals surface area contributed by atoms with E-state index in [0.29, 0.717) is 5.41 Å². The average Bonchev–Trinajstić information content (AvgIpc) is 2.72. The number of rotatable bonds is 1. The summed E-state index contributed by atoms with van der Waals surface area (Å²) in [5.74, 6) is 0.